The van der Waals surface area contributed by atoms with Crippen LogP contribution in [-0.4, -0.2) is 48.1 Å². The number of carbonyl (C=O) groups excluding carboxylic acids is 1. The van der Waals surface area contributed by atoms with E-state index < -0.39 is 17.2 Å². The van der Waals surface area contributed by atoms with Gasteiger partial charge in [0, 0.05) is 12.8 Å². The molecule has 1 aromatic heterocycles. The lowest BCUT2D eigenvalue weighted by Crippen LogP contribution is -2.52. The van der Waals surface area contributed by atoms with Crippen molar-refractivity contribution in [1.82, 2.24) is 10.3 Å². The molecule has 0 spiro atoms. The number of nitrogens with zero attached hydrogens (tertiary/aromatic N) is 1. The summed E-state index contributed by atoms with van der Waals surface area (Å²) < 4.78 is 17.0. The molecule has 35 heavy (non-hydrogen) atoms. The van der Waals surface area contributed by atoms with Crippen LogP contribution in [0.3, 0.4) is 0 Å². The van der Waals surface area contributed by atoms with Crippen molar-refractivity contribution in [2.75, 3.05) is 25.1 Å². The van der Waals surface area contributed by atoms with E-state index >= 15 is 0 Å². The average Bonchev–Trinajstić information content (AvgIpc) is 3.24. The number of ether oxygens (including phenoxy) is 3. The van der Waals surface area contributed by atoms with E-state index in [9.17, 15) is 4.79 Å². The normalized spacial score (nSPS) is 17.7. The Balaban J connectivity index is 1.68. The molecule has 1 amide bonds. The van der Waals surface area contributed by atoms with Crippen molar-refractivity contribution < 1.29 is 19.0 Å². The molecule has 3 rings (SSSR count). The van der Waals surface area contributed by atoms with E-state index in [0.717, 1.165) is 36.4 Å². The minimum absolute atomic E-state index is 0.260. The Hall–Kier alpha value is -2.51. The van der Waals surface area contributed by atoms with E-state index in [-0.39, 0.29) is 12.6 Å². The molecule has 0 radical (unpaired) electrons. The first-order valence-corrected chi connectivity index (χ1v) is 12.5. The Labute approximate surface area is 213 Å². The highest BCUT2D eigenvalue weighted by Gasteiger charge is 2.31. The number of pyridine rings is 1. The second-order valence-corrected chi connectivity index (χ2v) is 11.3. The Morgan fingerprint density at radius 2 is 1.94 bits per heavy atom. The minimum Gasteiger partial charge on any atom is -0.490 e. The second kappa shape index (κ2) is 11.5. The summed E-state index contributed by atoms with van der Waals surface area (Å²) in [6.07, 6.45) is 3.02. The monoisotopic (exact) mass is 503 g/mol. The predicted octanol–water partition coefficient (Wildman–Crippen LogP) is 6.31. The first-order chi connectivity index (χ1) is 16.4. The highest BCUT2D eigenvalue weighted by molar-refractivity contribution is 6.32. The fraction of sp³-hybridized carbons (Fsp3) is 0.556. The Morgan fingerprint density at radius 3 is 2.57 bits per heavy atom. The van der Waals surface area contributed by atoms with Gasteiger partial charge in [0.25, 0.3) is 0 Å². The van der Waals surface area contributed by atoms with Gasteiger partial charge in [0.15, 0.2) is 0 Å². The van der Waals surface area contributed by atoms with E-state index in [1.807, 2.05) is 58.0 Å². The molecule has 0 aliphatic carbocycles. The highest BCUT2D eigenvalue weighted by Crippen LogP contribution is 2.32. The van der Waals surface area contributed by atoms with E-state index in [2.05, 4.69) is 29.5 Å². The number of anilines is 1. The SMILES string of the molecule is CC(C)C[C@@](C)(COc1ccc(-c2ccnc(NC3CCOC3)c2)cc1Cl)NC(=O)OC(C)(C)C. The molecule has 1 fully saturated rings. The number of alkyl carbamates (subject to hydrolysis) is 1. The standard InChI is InChI=1S/C27H38ClN3O4/c1-18(2)15-27(6,31-25(32)35-26(3,4)5)17-34-23-8-7-19(13-22(23)28)20-9-11-29-24(14-20)30-21-10-12-33-16-21/h7-9,11,13-14,18,21H,10,12,15-17H2,1-6H3,(H,29,30)(H,31,32)/t21?,27-/m0/s1. The molecule has 1 aliphatic heterocycles. The number of hydrogen-bond acceptors (Lipinski definition) is 6. The van der Waals surface area contributed by atoms with Gasteiger partial charge in [-0.15, -0.1) is 0 Å². The summed E-state index contributed by atoms with van der Waals surface area (Å²) in [5.74, 6) is 1.72. The van der Waals surface area contributed by atoms with Gasteiger partial charge >= 0.3 is 6.09 Å². The third-order valence-electron chi connectivity index (χ3n) is 5.51. The summed E-state index contributed by atoms with van der Waals surface area (Å²) in [4.78, 5) is 16.9. The molecule has 0 bridgehead atoms. The number of hydrogen-bond donors (Lipinski definition) is 2. The maximum absolute atomic E-state index is 12.4. The van der Waals surface area contributed by atoms with E-state index in [1.165, 1.54) is 0 Å². The third kappa shape index (κ3) is 8.58. The van der Waals surface area contributed by atoms with Crippen molar-refractivity contribution in [1.29, 1.82) is 0 Å². The van der Waals surface area contributed by atoms with Crippen LogP contribution in [0.4, 0.5) is 10.6 Å². The van der Waals surface area contributed by atoms with Crippen LogP contribution in [0, 0.1) is 5.92 Å². The molecule has 2 atom stereocenters. The highest BCUT2D eigenvalue weighted by atomic mass is 35.5. The molecule has 1 saturated heterocycles. The summed E-state index contributed by atoms with van der Waals surface area (Å²) in [5.41, 5.74) is 0.780. The van der Waals surface area contributed by atoms with Gasteiger partial charge < -0.3 is 24.8 Å². The zero-order valence-electron chi connectivity index (χ0n) is 21.6. The summed E-state index contributed by atoms with van der Waals surface area (Å²) in [5, 5.41) is 6.91. The molecule has 8 heteroatoms. The molecule has 1 aliphatic rings. The van der Waals surface area contributed by atoms with Crippen molar-refractivity contribution in [2.24, 2.45) is 5.92 Å². The van der Waals surface area contributed by atoms with Gasteiger partial charge in [-0.3, -0.25) is 0 Å². The fourth-order valence-corrected chi connectivity index (χ4v) is 4.41. The smallest absolute Gasteiger partial charge is 0.408 e. The molecule has 1 aromatic carbocycles. The van der Waals surface area contributed by atoms with Crippen LogP contribution in [-0.2, 0) is 9.47 Å². The molecule has 0 saturated carbocycles. The lowest BCUT2D eigenvalue weighted by atomic mass is 9.91. The topological polar surface area (TPSA) is 81.7 Å². The number of carbonyl (C=O) groups is 1. The quantitative estimate of drug-likeness (QED) is 0.417. The zero-order valence-corrected chi connectivity index (χ0v) is 22.4. The van der Waals surface area contributed by atoms with Crippen molar-refractivity contribution in [3.05, 3.63) is 41.6 Å². The number of amides is 1. The van der Waals surface area contributed by atoms with Gasteiger partial charge in [-0.1, -0.05) is 31.5 Å². The second-order valence-electron chi connectivity index (χ2n) is 10.9. The van der Waals surface area contributed by atoms with Crippen LogP contribution in [0.1, 0.15) is 54.4 Å². The number of nitrogens with one attached hydrogen (secondary N) is 2. The summed E-state index contributed by atoms with van der Waals surface area (Å²) >= 11 is 6.60. The Morgan fingerprint density at radius 1 is 1.20 bits per heavy atom. The van der Waals surface area contributed by atoms with Gasteiger partial charge in [-0.25, -0.2) is 9.78 Å². The van der Waals surface area contributed by atoms with Crippen molar-refractivity contribution in [3.8, 4) is 16.9 Å². The average molecular weight is 504 g/mol. The molecular weight excluding hydrogens is 466 g/mol. The van der Waals surface area contributed by atoms with Crippen LogP contribution in [0.5, 0.6) is 5.75 Å². The van der Waals surface area contributed by atoms with Gasteiger partial charge in [-0.05, 0) is 81.8 Å². The number of aromatic nitrogens is 1. The molecule has 1 unspecified atom stereocenters. The van der Waals surface area contributed by atoms with Crippen LogP contribution in [0.2, 0.25) is 5.02 Å². The van der Waals surface area contributed by atoms with Gasteiger partial charge in [0.1, 0.15) is 23.8 Å². The van der Waals surface area contributed by atoms with Crippen LogP contribution < -0.4 is 15.4 Å². The molecule has 2 N–H and O–H groups in total. The summed E-state index contributed by atoms with van der Waals surface area (Å²) in [6, 6.07) is 9.96. The number of benzene rings is 1. The molecule has 192 valence electrons. The summed E-state index contributed by atoms with van der Waals surface area (Å²) in [6.45, 7) is 13.4. The van der Waals surface area contributed by atoms with Gasteiger partial charge in [-0.2, -0.15) is 0 Å². The van der Waals surface area contributed by atoms with Crippen molar-refractivity contribution >= 4 is 23.5 Å². The Kier molecular flexibility index (Phi) is 8.89. The minimum atomic E-state index is -0.617. The maximum Gasteiger partial charge on any atom is 0.408 e. The van der Waals surface area contributed by atoms with E-state index in [4.69, 9.17) is 25.8 Å². The maximum atomic E-state index is 12.4. The Bertz CT molecular complexity index is 1000. The zero-order chi connectivity index (χ0) is 25.6. The molecular formula is C27H38ClN3O4. The van der Waals surface area contributed by atoms with Gasteiger partial charge in [0.05, 0.1) is 23.2 Å². The lowest BCUT2D eigenvalue weighted by Gasteiger charge is -2.33. The molecule has 7 nitrogen and oxygen atoms in total. The summed E-state index contributed by atoms with van der Waals surface area (Å²) in [7, 11) is 0. The number of rotatable bonds is 9. The van der Waals surface area contributed by atoms with Crippen LogP contribution >= 0.6 is 11.6 Å². The third-order valence-corrected chi connectivity index (χ3v) is 5.81. The van der Waals surface area contributed by atoms with Gasteiger partial charge in [0.2, 0.25) is 0 Å². The fourth-order valence-electron chi connectivity index (χ4n) is 4.18. The van der Waals surface area contributed by atoms with E-state index in [0.29, 0.717) is 23.3 Å². The predicted molar refractivity (Wildman–Crippen MR) is 140 cm³/mol. The number of halogens is 1. The first-order valence-electron chi connectivity index (χ1n) is 12.2. The van der Waals surface area contributed by atoms with Crippen molar-refractivity contribution in [2.45, 2.75) is 71.6 Å². The van der Waals surface area contributed by atoms with Crippen LogP contribution in [0.15, 0.2) is 36.5 Å². The molecule has 2 aromatic rings. The van der Waals surface area contributed by atoms with E-state index in [1.54, 1.807) is 6.20 Å². The first kappa shape index (κ1) is 27.1. The largest absolute Gasteiger partial charge is 0.490 e. The molecule has 2 heterocycles. The van der Waals surface area contributed by atoms with Crippen LogP contribution in [0.25, 0.3) is 11.1 Å². The lowest BCUT2D eigenvalue weighted by molar-refractivity contribution is 0.0408. The van der Waals surface area contributed by atoms with Crippen molar-refractivity contribution in [3.63, 3.8) is 0 Å².